The van der Waals surface area contributed by atoms with Crippen LogP contribution in [0.2, 0.25) is 0 Å². The summed E-state index contributed by atoms with van der Waals surface area (Å²) in [6.45, 7) is 5.16. The Morgan fingerprint density at radius 2 is 1.73 bits per heavy atom. The Kier molecular flexibility index (Phi) is 14.0. The number of carbonyl (C=O) groups excluding carboxylic acids is 5. The second-order valence-corrected chi connectivity index (χ2v) is 10.4. The van der Waals surface area contributed by atoms with Crippen LogP contribution in [0.1, 0.15) is 57.9 Å². The third-order valence-corrected chi connectivity index (χ3v) is 6.78. The number of hydrogen-bond donors (Lipinski definition) is 5. The van der Waals surface area contributed by atoms with Crippen molar-refractivity contribution in [3.63, 3.8) is 0 Å². The van der Waals surface area contributed by atoms with Gasteiger partial charge in [0.15, 0.2) is 0 Å². The molecule has 1 aliphatic rings. The van der Waals surface area contributed by atoms with Gasteiger partial charge in [-0.1, -0.05) is 38.5 Å². The fourth-order valence-electron chi connectivity index (χ4n) is 4.18. The first-order chi connectivity index (χ1) is 19.1. The summed E-state index contributed by atoms with van der Waals surface area (Å²) < 4.78 is 0. The quantitative estimate of drug-likeness (QED) is 0.142. The van der Waals surface area contributed by atoms with Crippen molar-refractivity contribution in [2.24, 2.45) is 11.7 Å². The average molecular weight is 577 g/mol. The zero-order valence-corrected chi connectivity index (χ0v) is 24.0. The molecule has 220 valence electrons. The van der Waals surface area contributed by atoms with Crippen molar-refractivity contribution >= 4 is 46.9 Å². The van der Waals surface area contributed by atoms with Crippen molar-refractivity contribution in [1.82, 2.24) is 20.9 Å². The SMILES string of the molecule is CC(C)C(NC(=O)CCCCCN1CC=CC1=O)C(=O)NC(CCCNC(N)=O)C(=O)Nc1ccc(CCl)cc1. The van der Waals surface area contributed by atoms with Crippen LogP contribution in [-0.4, -0.2) is 66.3 Å². The molecule has 0 saturated carbocycles. The molecular weight excluding hydrogens is 536 g/mol. The highest BCUT2D eigenvalue weighted by Crippen LogP contribution is 2.13. The minimum Gasteiger partial charge on any atom is -0.352 e. The van der Waals surface area contributed by atoms with Gasteiger partial charge in [0.1, 0.15) is 12.1 Å². The van der Waals surface area contributed by atoms with E-state index in [1.54, 1.807) is 35.2 Å². The molecule has 6 amide bonds. The second kappa shape index (κ2) is 17.2. The Hall–Kier alpha value is -3.60. The number of benzene rings is 1. The van der Waals surface area contributed by atoms with Crippen molar-refractivity contribution in [1.29, 1.82) is 0 Å². The molecular formula is C28H41ClN6O5. The van der Waals surface area contributed by atoms with E-state index in [9.17, 15) is 24.0 Å². The van der Waals surface area contributed by atoms with E-state index in [1.807, 2.05) is 19.9 Å². The summed E-state index contributed by atoms with van der Waals surface area (Å²) in [5.74, 6) is -1.00. The molecule has 0 saturated heterocycles. The summed E-state index contributed by atoms with van der Waals surface area (Å²) in [4.78, 5) is 63.3. The van der Waals surface area contributed by atoms with E-state index in [1.165, 1.54) is 0 Å². The summed E-state index contributed by atoms with van der Waals surface area (Å²) in [7, 11) is 0. The highest BCUT2D eigenvalue weighted by atomic mass is 35.5. The van der Waals surface area contributed by atoms with E-state index in [0.717, 1.165) is 18.4 Å². The summed E-state index contributed by atoms with van der Waals surface area (Å²) in [5, 5.41) is 10.8. The summed E-state index contributed by atoms with van der Waals surface area (Å²) in [6, 6.07) is 4.62. The molecule has 2 rings (SSSR count). The van der Waals surface area contributed by atoms with Crippen LogP contribution in [0, 0.1) is 5.92 Å². The number of primary amides is 1. The van der Waals surface area contributed by atoms with Gasteiger partial charge in [-0.15, -0.1) is 11.6 Å². The number of nitrogens with zero attached hydrogens (tertiary/aromatic N) is 1. The number of urea groups is 1. The van der Waals surface area contributed by atoms with Crippen molar-refractivity contribution in [2.45, 2.75) is 70.3 Å². The number of unbranched alkanes of at least 4 members (excludes halogenated alkanes) is 2. The lowest BCUT2D eigenvalue weighted by Crippen LogP contribution is -2.54. The number of alkyl halides is 1. The van der Waals surface area contributed by atoms with Gasteiger partial charge in [-0.05, 0) is 49.3 Å². The summed E-state index contributed by atoms with van der Waals surface area (Å²) >= 11 is 5.83. The van der Waals surface area contributed by atoms with Gasteiger partial charge in [0.05, 0.1) is 0 Å². The first-order valence-corrected chi connectivity index (χ1v) is 14.2. The third-order valence-electron chi connectivity index (χ3n) is 6.47. The highest BCUT2D eigenvalue weighted by Gasteiger charge is 2.28. The van der Waals surface area contributed by atoms with Crippen LogP contribution in [0.4, 0.5) is 10.5 Å². The number of anilines is 1. The zero-order valence-electron chi connectivity index (χ0n) is 23.2. The number of carbonyl (C=O) groups is 5. The topological polar surface area (TPSA) is 163 Å². The molecule has 0 aromatic heterocycles. The molecule has 40 heavy (non-hydrogen) atoms. The largest absolute Gasteiger partial charge is 0.352 e. The van der Waals surface area contributed by atoms with E-state index in [4.69, 9.17) is 17.3 Å². The Labute approximate surface area is 240 Å². The number of amides is 6. The fourth-order valence-corrected chi connectivity index (χ4v) is 4.36. The fraction of sp³-hybridized carbons (Fsp3) is 0.536. The second-order valence-electron chi connectivity index (χ2n) is 10.1. The van der Waals surface area contributed by atoms with Crippen molar-refractivity contribution in [2.75, 3.05) is 25.0 Å². The minimum absolute atomic E-state index is 0.0175. The maximum absolute atomic E-state index is 13.2. The summed E-state index contributed by atoms with van der Waals surface area (Å²) in [5.41, 5.74) is 6.56. The average Bonchev–Trinajstić information content (AvgIpc) is 3.33. The Morgan fingerprint density at radius 1 is 1.00 bits per heavy atom. The minimum atomic E-state index is -0.907. The molecule has 11 nitrogen and oxygen atoms in total. The van der Waals surface area contributed by atoms with E-state index >= 15 is 0 Å². The van der Waals surface area contributed by atoms with Crippen LogP contribution in [0.3, 0.4) is 0 Å². The summed E-state index contributed by atoms with van der Waals surface area (Å²) in [6.07, 6.45) is 6.50. The number of rotatable bonds is 17. The van der Waals surface area contributed by atoms with Crippen LogP contribution >= 0.6 is 11.6 Å². The molecule has 2 unspecified atom stereocenters. The molecule has 0 aliphatic carbocycles. The maximum Gasteiger partial charge on any atom is 0.312 e. The molecule has 1 heterocycles. The lowest BCUT2D eigenvalue weighted by molar-refractivity contribution is -0.132. The Morgan fingerprint density at radius 3 is 2.33 bits per heavy atom. The highest BCUT2D eigenvalue weighted by molar-refractivity contribution is 6.17. The monoisotopic (exact) mass is 576 g/mol. The lowest BCUT2D eigenvalue weighted by Gasteiger charge is -2.25. The first-order valence-electron chi connectivity index (χ1n) is 13.6. The molecule has 0 bridgehead atoms. The van der Waals surface area contributed by atoms with Gasteiger partial charge in [0.25, 0.3) is 0 Å². The van der Waals surface area contributed by atoms with E-state index in [-0.39, 0.29) is 37.1 Å². The van der Waals surface area contributed by atoms with Gasteiger partial charge >= 0.3 is 6.03 Å². The van der Waals surface area contributed by atoms with Crippen molar-refractivity contribution < 1.29 is 24.0 Å². The van der Waals surface area contributed by atoms with E-state index in [2.05, 4.69) is 21.3 Å². The normalized spacial score (nSPS) is 14.1. The van der Waals surface area contributed by atoms with Gasteiger partial charge in [-0.3, -0.25) is 19.2 Å². The molecule has 1 aromatic carbocycles. The van der Waals surface area contributed by atoms with Gasteiger partial charge in [0.2, 0.25) is 23.6 Å². The van der Waals surface area contributed by atoms with Crippen LogP contribution < -0.4 is 27.0 Å². The third kappa shape index (κ3) is 11.6. The Balaban J connectivity index is 1.91. The predicted molar refractivity (Wildman–Crippen MR) is 154 cm³/mol. The maximum atomic E-state index is 13.2. The van der Waals surface area contributed by atoms with Gasteiger partial charge in [-0.25, -0.2) is 4.79 Å². The smallest absolute Gasteiger partial charge is 0.312 e. The standard InChI is InChI=1S/C28H41ClN6O5/c1-19(2)25(34-23(36)9-4-3-5-16-35-17-7-10-24(35)37)27(39)33-22(8-6-15-31-28(30)40)26(38)32-21-13-11-20(18-29)12-14-21/h7,10-14,19,22,25H,3-6,8-9,15-18H2,1-2H3,(H,32,38)(H,33,39)(H,34,36)(H3,30,31,40). The number of halogens is 1. The number of nitrogens with one attached hydrogen (secondary N) is 4. The molecule has 12 heteroatoms. The number of nitrogens with two attached hydrogens (primary N) is 1. The first kappa shape index (κ1) is 32.6. The molecule has 0 fully saturated rings. The van der Waals surface area contributed by atoms with Gasteiger partial charge < -0.3 is 31.9 Å². The van der Waals surface area contributed by atoms with Gasteiger partial charge in [0, 0.05) is 43.7 Å². The zero-order chi connectivity index (χ0) is 29.5. The molecule has 1 aromatic rings. The van der Waals surface area contributed by atoms with E-state index in [0.29, 0.717) is 37.5 Å². The predicted octanol–water partition coefficient (Wildman–Crippen LogP) is 2.40. The van der Waals surface area contributed by atoms with Crippen molar-refractivity contribution in [3.05, 3.63) is 42.0 Å². The van der Waals surface area contributed by atoms with E-state index < -0.39 is 29.9 Å². The molecule has 0 radical (unpaired) electrons. The molecule has 2 atom stereocenters. The molecule has 6 N–H and O–H groups in total. The Bertz CT molecular complexity index is 1050. The molecule has 1 aliphatic heterocycles. The van der Waals surface area contributed by atoms with Crippen molar-refractivity contribution in [3.8, 4) is 0 Å². The van der Waals surface area contributed by atoms with Gasteiger partial charge in [-0.2, -0.15) is 0 Å². The van der Waals surface area contributed by atoms with Crippen LogP contribution in [0.25, 0.3) is 0 Å². The van der Waals surface area contributed by atoms with Crippen LogP contribution in [-0.2, 0) is 25.1 Å². The lowest BCUT2D eigenvalue weighted by atomic mass is 10.0. The van der Waals surface area contributed by atoms with Crippen LogP contribution in [0.15, 0.2) is 36.4 Å². The molecule has 0 spiro atoms. The number of hydrogen-bond acceptors (Lipinski definition) is 5. The van der Waals surface area contributed by atoms with Crippen LogP contribution in [0.5, 0.6) is 0 Å².